The third-order valence-corrected chi connectivity index (χ3v) is 3.79. The van der Waals surface area contributed by atoms with Crippen LogP contribution >= 0.6 is 0 Å². The van der Waals surface area contributed by atoms with E-state index in [2.05, 4.69) is 69.1 Å². The summed E-state index contributed by atoms with van der Waals surface area (Å²) in [5.41, 5.74) is 0. The van der Waals surface area contributed by atoms with E-state index in [-0.39, 0.29) is 0 Å². The van der Waals surface area contributed by atoms with E-state index in [9.17, 15) is 0 Å². The van der Waals surface area contributed by atoms with Crippen LogP contribution in [0.5, 0.6) is 0 Å². The normalized spacial score (nSPS) is 14.0. The first-order valence-electron chi connectivity index (χ1n) is 8.76. The van der Waals surface area contributed by atoms with Gasteiger partial charge in [-0.3, -0.25) is 4.99 Å². The van der Waals surface area contributed by atoms with Crippen LogP contribution in [0.1, 0.15) is 48.0 Å². The summed E-state index contributed by atoms with van der Waals surface area (Å²) in [5.74, 6) is 1.43. The van der Waals surface area contributed by atoms with E-state index in [1.54, 1.807) is 0 Å². The van der Waals surface area contributed by atoms with Gasteiger partial charge < -0.3 is 20.3 Å². The smallest absolute Gasteiger partial charge is 0.191 e. The first-order valence-corrected chi connectivity index (χ1v) is 8.76. The van der Waals surface area contributed by atoms with E-state index in [0.29, 0.717) is 18.1 Å². The fourth-order valence-corrected chi connectivity index (χ4v) is 2.08. The van der Waals surface area contributed by atoms with Crippen LogP contribution in [-0.4, -0.2) is 62.8 Å². The van der Waals surface area contributed by atoms with E-state index in [1.807, 2.05) is 0 Å². The topological polar surface area (TPSA) is 48.9 Å². The molecule has 0 radical (unpaired) electrons. The Hall–Kier alpha value is -0.810. The summed E-state index contributed by atoms with van der Waals surface area (Å²) < 4.78 is 5.77. The molecule has 0 aliphatic rings. The first-order chi connectivity index (χ1) is 10.4. The van der Waals surface area contributed by atoms with E-state index in [0.717, 1.165) is 45.2 Å². The average Bonchev–Trinajstić information content (AvgIpc) is 2.45. The number of aliphatic imine (C=N–C) groups is 1. The minimum Gasteiger partial charge on any atom is -0.378 e. The molecular weight excluding hydrogens is 276 g/mol. The van der Waals surface area contributed by atoms with Gasteiger partial charge in [-0.2, -0.15) is 0 Å². The van der Waals surface area contributed by atoms with E-state index >= 15 is 0 Å². The summed E-state index contributed by atoms with van der Waals surface area (Å²) >= 11 is 0. The van der Waals surface area contributed by atoms with E-state index in [1.165, 1.54) is 0 Å². The van der Waals surface area contributed by atoms with Gasteiger partial charge in [0.25, 0.3) is 0 Å². The second kappa shape index (κ2) is 12.7. The van der Waals surface area contributed by atoms with Crippen LogP contribution in [0.2, 0.25) is 0 Å². The maximum atomic E-state index is 5.77. The molecule has 0 aliphatic heterocycles. The second-order valence-corrected chi connectivity index (χ2v) is 6.29. The van der Waals surface area contributed by atoms with Crippen molar-refractivity contribution >= 4 is 5.96 Å². The molecule has 1 unspecified atom stereocenters. The van der Waals surface area contributed by atoms with Crippen molar-refractivity contribution in [2.45, 2.75) is 60.1 Å². The third-order valence-electron chi connectivity index (χ3n) is 3.79. The van der Waals surface area contributed by atoms with Gasteiger partial charge in [0.15, 0.2) is 5.96 Å². The summed E-state index contributed by atoms with van der Waals surface area (Å²) in [5, 5.41) is 6.70. The van der Waals surface area contributed by atoms with E-state index < -0.39 is 0 Å². The summed E-state index contributed by atoms with van der Waals surface area (Å²) in [4.78, 5) is 6.98. The van der Waals surface area contributed by atoms with Gasteiger partial charge in [0.2, 0.25) is 0 Å². The molecule has 132 valence electrons. The lowest BCUT2D eigenvalue weighted by molar-refractivity contribution is 0.0266. The van der Waals surface area contributed by atoms with Crippen molar-refractivity contribution in [2.75, 3.05) is 39.8 Å². The van der Waals surface area contributed by atoms with Crippen LogP contribution in [0.15, 0.2) is 4.99 Å². The van der Waals surface area contributed by atoms with Crippen molar-refractivity contribution in [3.63, 3.8) is 0 Å². The molecule has 0 amide bonds. The number of guanidine groups is 1. The highest BCUT2D eigenvalue weighted by Gasteiger charge is 2.12. The Morgan fingerprint density at radius 2 is 1.82 bits per heavy atom. The number of ether oxygens (including phenoxy) is 1. The van der Waals surface area contributed by atoms with Crippen molar-refractivity contribution < 1.29 is 4.74 Å². The number of nitrogens with zero attached hydrogens (tertiary/aromatic N) is 2. The minimum absolute atomic E-state index is 0.295. The average molecular weight is 315 g/mol. The summed E-state index contributed by atoms with van der Waals surface area (Å²) in [7, 11) is 2.14. The second-order valence-electron chi connectivity index (χ2n) is 6.29. The van der Waals surface area contributed by atoms with Crippen LogP contribution in [0.4, 0.5) is 0 Å². The molecule has 0 aromatic heterocycles. The van der Waals surface area contributed by atoms with Gasteiger partial charge in [-0.05, 0) is 47.1 Å². The van der Waals surface area contributed by atoms with Crippen LogP contribution in [0, 0.1) is 5.92 Å². The highest BCUT2D eigenvalue weighted by molar-refractivity contribution is 5.79. The first kappa shape index (κ1) is 21.2. The highest BCUT2D eigenvalue weighted by atomic mass is 16.5. The van der Waals surface area contributed by atoms with Crippen molar-refractivity contribution in [3.05, 3.63) is 0 Å². The molecular formula is C17H38N4O. The lowest BCUT2D eigenvalue weighted by Gasteiger charge is -2.22. The van der Waals surface area contributed by atoms with Gasteiger partial charge in [-0.1, -0.05) is 13.8 Å². The third kappa shape index (κ3) is 10.0. The lowest BCUT2D eigenvalue weighted by Crippen LogP contribution is -2.42. The Balaban J connectivity index is 4.24. The van der Waals surface area contributed by atoms with Gasteiger partial charge in [0.1, 0.15) is 0 Å². The summed E-state index contributed by atoms with van der Waals surface area (Å²) in [6.45, 7) is 17.3. The van der Waals surface area contributed by atoms with Crippen LogP contribution < -0.4 is 10.6 Å². The van der Waals surface area contributed by atoms with Gasteiger partial charge >= 0.3 is 0 Å². The molecule has 0 aromatic carbocycles. The predicted octanol–water partition coefficient (Wildman–Crippen LogP) is 2.33. The molecule has 2 N–H and O–H groups in total. The molecule has 22 heavy (non-hydrogen) atoms. The number of hydrogen-bond donors (Lipinski definition) is 2. The van der Waals surface area contributed by atoms with Crippen molar-refractivity contribution in [1.82, 2.24) is 15.5 Å². The predicted molar refractivity (Wildman–Crippen MR) is 96.6 cm³/mol. The zero-order valence-corrected chi connectivity index (χ0v) is 15.8. The van der Waals surface area contributed by atoms with Crippen LogP contribution in [0.3, 0.4) is 0 Å². The maximum Gasteiger partial charge on any atom is 0.191 e. The van der Waals surface area contributed by atoms with Crippen molar-refractivity contribution in [1.29, 1.82) is 0 Å². The Morgan fingerprint density at radius 1 is 1.14 bits per heavy atom. The number of nitrogens with one attached hydrogen (secondary N) is 2. The molecule has 0 bridgehead atoms. The monoisotopic (exact) mass is 314 g/mol. The fourth-order valence-electron chi connectivity index (χ4n) is 2.08. The van der Waals surface area contributed by atoms with Crippen LogP contribution in [-0.2, 0) is 4.74 Å². The molecule has 0 heterocycles. The molecule has 5 heteroatoms. The van der Waals surface area contributed by atoms with Crippen molar-refractivity contribution in [2.24, 2.45) is 10.9 Å². The number of hydrogen-bond acceptors (Lipinski definition) is 3. The SMILES string of the molecule is CCNC(=NCCC(OCC)C(C)C)NCCN(C)C(C)C. The van der Waals surface area contributed by atoms with Crippen LogP contribution in [0.25, 0.3) is 0 Å². The molecule has 0 aliphatic carbocycles. The molecule has 0 aromatic rings. The molecule has 0 saturated carbocycles. The molecule has 0 rings (SSSR count). The number of likely N-dealkylation sites (N-methyl/N-ethyl adjacent to an activating group) is 1. The maximum absolute atomic E-state index is 5.77. The van der Waals surface area contributed by atoms with E-state index in [4.69, 9.17) is 4.74 Å². The lowest BCUT2D eigenvalue weighted by atomic mass is 10.0. The molecule has 5 nitrogen and oxygen atoms in total. The standard InChI is InChI=1S/C17H38N4O/c1-8-18-17(20-12-13-21(7)15(5)6)19-11-10-16(14(3)4)22-9-2/h14-16H,8-13H2,1-7H3,(H2,18,19,20). The van der Waals surface area contributed by atoms with Gasteiger partial charge in [0, 0.05) is 38.8 Å². The summed E-state index contributed by atoms with van der Waals surface area (Å²) in [6, 6.07) is 0.569. The van der Waals surface area contributed by atoms with Gasteiger partial charge in [-0.15, -0.1) is 0 Å². The number of rotatable bonds is 11. The van der Waals surface area contributed by atoms with Crippen molar-refractivity contribution in [3.8, 4) is 0 Å². The Bertz CT molecular complexity index is 292. The molecule has 1 atom stereocenters. The Labute approximate surface area is 137 Å². The quantitative estimate of drug-likeness (QED) is 0.454. The largest absolute Gasteiger partial charge is 0.378 e. The van der Waals surface area contributed by atoms with Gasteiger partial charge in [0.05, 0.1) is 6.10 Å². The minimum atomic E-state index is 0.295. The Morgan fingerprint density at radius 3 is 2.32 bits per heavy atom. The van der Waals surface area contributed by atoms with Gasteiger partial charge in [-0.25, -0.2) is 0 Å². The zero-order valence-electron chi connectivity index (χ0n) is 15.8. The highest BCUT2D eigenvalue weighted by Crippen LogP contribution is 2.10. The molecule has 0 fully saturated rings. The fraction of sp³-hybridized carbons (Fsp3) is 0.941. The Kier molecular flexibility index (Phi) is 12.2. The summed E-state index contributed by atoms with van der Waals surface area (Å²) in [6.07, 6.45) is 1.26. The molecule has 0 spiro atoms. The molecule has 0 saturated heterocycles. The zero-order chi connectivity index (χ0) is 17.0.